The van der Waals surface area contributed by atoms with Crippen LogP contribution in [0.2, 0.25) is 0 Å². The Labute approximate surface area is 166 Å². The summed E-state index contributed by atoms with van der Waals surface area (Å²) in [6.07, 6.45) is 0. The van der Waals surface area contributed by atoms with Gasteiger partial charge in [0.2, 0.25) is 0 Å². The van der Waals surface area contributed by atoms with Crippen molar-refractivity contribution in [3.63, 3.8) is 0 Å². The predicted octanol–water partition coefficient (Wildman–Crippen LogP) is 1.61. The lowest BCUT2D eigenvalue weighted by Crippen LogP contribution is -2.78. The fourth-order valence-corrected chi connectivity index (χ4v) is 2.60. The average Bonchev–Trinajstić information content (AvgIpc) is 2.76. The van der Waals surface area contributed by atoms with Crippen molar-refractivity contribution in [3.8, 4) is 0 Å². The van der Waals surface area contributed by atoms with Gasteiger partial charge in [0.05, 0.1) is 0 Å². The normalized spacial score (nSPS) is 10.3. The van der Waals surface area contributed by atoms with Crippen LogP contribution in [0.4, 0.5) is 0 Å². The molecule has 6 N–H and O–H groups in total. The Hall–Kier alpha value is -3.19. The van der Waals surface area contributed by atoms with Gasteiger partial charge in [0.1, 0.15) is 6.54 Å². The van der Waals surface area contributed by atoms with Gasteiger partial charge in [-0.3, -0.25) is 10.9 Å². The number of nitrogens with zero attached hydrogens (tertiary/aromatic N) is 1. The second-order valence-electron chi connectivity index (χ2n) is 6.28. The highest BCUT2D eigenvalue weighted by Gasteiger charge is 2.01. The first-order valence-electron chi connectivity index (χ1n) is 9.39. The predicted molar refractivity (Wildman–Crippen MR) is 112 cm³/mol. The molecule has 0 aromatic heterocycles. The van der Waals surface area contributed by atoms with Crippen molar-refractivity contribution in [1.29, 1.82) is 0 Å². The van der Waals surface area contributed by atoms with E-state index in [-0.39, 0.29) is 0 Å². The van der Waals surface area contributed by atoms with Crippen molar-refractivity contribution in [2.75, 3.05) is 0 Å². The zero-order chi connectivity index (χ0) is 19.3. The van der Waals surface area contributed by atoms with Gasteiger partial charge in [-0.1, -0.05) is 91.0 Å². The van der Waals surface area contributed by atoms with Crippen molar-refractivity contribution in [1.82, 2.24) is 21.7 Å². The number of hydrogen-bond acceptors (Lipinski definition) is 3. The van der Waals surface area contributed by atoms with Crippen LogP contribution in [0.5, 0.6) is 0 Å². The minimum Gasteiger partial charge on any atom is -0.286 e. The molecule has 0 aliphatic carbocycles. The number of nitrogens with two attached hydrogens (primary N) is 1. The van der Waals surface area contributed by atoms with Crippen LogP contribution in [0, 0.1) is 0 Å². The molecule has 3 aromatic carbocycles. The van der Waals surface area contributed by atoms with Crippen molar-refractivity contribution < 1.29 is 5.43 Å². The van der Waals surface area contributed by atoms with Crippen LogP contribution in [0.3, 0.4) is 0 Å². The van der Waals surface area contributed by atoms with E-state index in [1.807, 2.05) is 60.0 Å². The Morgan fingerprint density at radius 2 is 1.04 bits per heavy atom. The van der Waals surface area contributed by atoms with Crippen LogP contribution >= 0.6 is 0 Å². The lowest BCUT2D eigenvalue weighted by Gasteiger charge is -2.13. The maximum Gasteiger partial charge on any atom is 0.278 e. The number of benzene rings is 3. The third-order valence-corrected chi connectivity index (χ3v) is 4.07. The molecule has 6 nitrogen and oxygen atoms in total. The number of hydrazine groups is 2. The fourth-order valence-electron chi connectivity index (χ4n) is 2.60. The highest BCUT2D eigenvalue weighted by Crippen LogP contribution is 1.97. The van der Waals surface area contributed by atoms with Gasteiger partial charge in [-0.2, -0.15) is 0 Å². The Balaban J connectivity index is 1.50. The molecule has 0 aliphatic heterocycles. The summed E-state index contributed by atoms with van der Waals surface area (Å²) >= 11 is 0. The van der Waals surface area contributed by atoms with Crippen LogP contribution in [0.15, 0.2) is 96.1 Å². The lowest BCUT2D eigenvalue weighted by atomic mass is 10.2. The molecule has 0 radical (unpaired) electrons. The molecular weight excluding hydrogens is 348 g/mol. The van der Waals surface area contributed by atoms with E-state index in [4.69, 9.17) is 0 Å². The number of quaternary nitrogens is 1. The molecule has 0 atom stereocenters. The third kappa shape index (κ3) is 7.20. The van der Waals surface area contributed by atoms with Crippen LogP contribution in [0.25, 0.3) is 0 Å². The van der Waals surface area contributed by atoms with E-state index < -0.39 is 0 Å². The van der Waals surface area contributed by atoms with Gasteiger partial charge in [0.25, 0.3) is 5.96 Å². The summed E-state index contributed by atoms with van der Waals surface area (Å²) in [6, 6.07) is 30.7. The number of nitrogens with one attached hydrogen (secondary N) is 4. The van der Waals surface area contributed by atoms with Gasteiger partial charge in [-0.15, -0.1) is 0 Å². The largest absolute Gasteiger partial charge is 0.286 e. The van der Waals surface area contributed by atoms with Crippen molar-refractivity contribution in [2.24, 2.45) is 5.10 Å². The topological polar surface area (TPSA) is 77.1 Å². The molecule has 0 amide bonds. The van der Waals surface area contributed by atoms with Gasteiger partial charge >= 0.3 is 0 Å². The number of guanidine groups is 1. The molecule has 3 rings (SSSR count). The maximum atomic E-state index is 4.53. The van der Waals surface area contributed by atoms with E-state index in [9.17, 15) is 0 Å². The monoisotopic (exact) mass is 375 g/mol. The van der Waals surface area contributed by atoms with Gasteiger partial charge < -0.3 is 0 Å². The van der Waals surface area contributed by atoms with Gasteiger partial charge in [0.15, 0.2) is 0 Å². The first kappa shape index (κ1) is 19.6. The van der Waals surface area contributed by atoms with Crippen LogP contribution in [-0.4, -0.2) is 5.96 Å². The third-order valence-electron chi connectivity index (χ3n) is 4.07. The average molecular weight is 376 g/mol. The molecule has 6 heteroatoms. The fraction of sp³-hybridized carbons (Fsp3) is 0.136. The highest BCUT2D eigenvalue weighted by atomic mass is 15.5. The van der Waals surface area contributed by atoms with Crippen molar-refractivity contribution in [3.05, 3.63) is 108 Å². The van der Waals surface area contributed by atoms with E-state index in [2.05, 4.69) is 63.2 Å². The molecule has 0 spiro atoms. The molecular formula is C22H27N6+. The Morgan fingerprint density at radius 3 is 1.50 bits per heavy atom. The smallest absolute Gasteiger partial charge is 0.278 e. The van der Waals surface area contributed by atoms with E-state index >= 15 is 0 Å². The summed E-state index contributed by atoms with van der Waals surface area (Å²) in [7, 11) is 0. The SMILES string of the molecule is c1ccc(CNNC(=N[NH2+]Cc2ccccc2)NNCc2ccccc2)cc1. The maximum absolute atomic E-state index is 4.53. The zero-order valence-corrected chi connectivity index (χ0v) is 15.8. The molecule has 0 saturated carbocycles. The van der Waals surface area contributed by atoms with E-state index in [0.29, 0.717) is 19.0 Å². The number of rotatable bonds is 9. The summed E-state index contributed by atoms with van der Waals surface area (Å²) in [6.45, 7) is 2.16. The summed E-state index contributed by atoms with van der Waals surface area (Å²) < 4.78 is 0. The molecule has 3 aromatic rings. The molecule has 144 valence electrons. The number of hydrogen-bond donors (Lipinski definition) is 5. The van der Waals surface area contributed by atoms with Gasteiger partial charge in [0, 0.05) is 18.7 Å². The molecule has 0 heterocycles. The first-order valence-corrected chi connectivity index (χ1v) is 9.39. The molecule has 0 bridgehead atoms. The molecule has 0 unspecified atom stereocenters. The van der Waals surface area contributed by atoms with Crippen LogP contribution < -0.4 is 27.1 Å². The van der Waals surface area contributed by atoms with Gasteiger partial charge in [-0.25, -0.2) is 16.3 Å². The lowest BCUT2D eigenvalue weighted by molar-refractivity contribution is -0.677. The van der Waals surface area contributed by atoms with Crippen molar-refractivity contribution in [2.45, 2.75) is 19.6 Å². The quantitative estimate of drug-likeness (QED) is 0.170. The second kappa shape index (κ2) is 11.5. The summed E-state index contributed by atoms with van der Waals surface area (Å²) in [5, 5.41) is 4.53. The van der Waals surface area contributed by atoms with Crippen LogP contribution in [-0.2, 0) is 19.6 Å². The van der Waals surface area contributed by atoms with E-state index in [1.54, 1.807) is 0 Å². The Kier molecular flexibility index (Phi) is 8.04. The van der Waals surface area contributed by atoms with Crippen LogP contribution in [0.1, 0.15) is 16.7 Å². The van der Waals surface area contributed by atoms with Crippen molar-refractivity contribution >= 4 is 5.96 Å². The Bertz CT molecular complexity index is 774. The summed E-state index contributed by atoms with van der Waals surface area (Å²) in [4.78, 5) is 0. The first-order chi connectivity index (χ1) is 13.9. The zero-order valence-electron chi connectivity index (χ0n) is 15.8. The standard InChI is InChI=1S/C22H26N6/c1-4-10-19(11-5-1)16-23-26-22(27-24-17-20-12-6-2-7-13-20)28-25-18-21-14-8-3-9-15-21/h1-15,23-25H,16-18H2,(H2,26,27,28)/p+1. The summed E-state index contributed by atoms with van der Waals surface area (Å²) in [5.41, 5.74) is 18.2. The minimum absolute atomic E-state index is 0.614. The van der Waals surface area contributed by atoms with Gasteiger partial charge in [-0.05, 0) is 16.2 Å². The second-order valence-corrected chi connectivity index (χ2v) is 6.28. The van der Waals surface area contributed by atoms with E-state index in [0.717, 1.165) is 6.54 Å². The molecule has 0 saturated heterocycles. The molecule has 0 aliphatic rings. The summed E-state index contributed by atoms with van der Waals surface area (Å²) in [5.74, 6) is 0.614. The van der Waals surface area contributed by atoms with E-state index in [1.165, 1.54) is 16.7 Å². The Morgan fingerprint density at radius 1 is 0.607 bits per heavy atom. The molecule has 0 fully saturated rings. The highest BCUT2D eigenvalue weighted by molar-refractivity contribution is 5.77. The minimum atomic E-state index is 0.614. The molecule has 28 heavy (non-hydrogen) atoms.